The summed E-state index contributed by atoms with van der Waals surface area (Å²) in [7, 11) is -0.308. The van der Waals surface area contributed by atoms with E-state index in [4.69, 9.17) is 9.47 Å². The van der Waals surface area contributed by atoms with E-state index in [9.17, 15) is 9.59 Å². The van der Waals surface area contributed by atoms with Crippen LogP contribution in [-0.2, 0) is 15.7 Å². The lowest BCUT2D eigenvalue weighted by atomic mass is 10.1. The van der Waals surface area contributed by atoms with Crippen molar-refractivity contribution in [1.29, 1.82) is 0 Å². The quantitative estimate of drug-likeness (QED) is 0.0964. The Morgan fingerprint density at radius 2 is 1.18 bits per heavy atom. The van der Waals surface area contributed by atoms with Gasteiger partial charge in [-0.2, -0.15) is 0 Å². The average molecular weight is 518 g/mol. The van der Waals surface area contributed by atoms with E-state index in [1.54, 1.807) is 37.3 Å². The van der Waals surface area contributed by atoms with Crippen LogP contribution in [-0.4, -0.2) is 11.9 Å². The number of esters is 2. The molecule has 0 saturated carbocycles. The molecule has 38 heavy (non-hydrogen) atoms. The maximum absolute atomic E-state index is 13.3. The molecule has 0 unspecified atom stereocenters. The molecule has 5 heteroatoms. The molecule has 0 aliphatic rings. The van der Waals surface area contributed by atoms with Crippen molar-refractivity contribution in [2.45, 2.75) is 21.6 Å². The van der Waals surface area contributed by atoms with E-state index in [0.717, 1.165) is 10.3 Å². The first-order chi connectivity index (χ1) is 18.5. The second-order valence-corrected chi connectivity index (χ2v) is 10.7. The number of carbonyl (C=O) groups excluding carboxylic acids is 2. The third-order valence-corrected chi connectivity index (χ3v) is 8.10. The lowest BCUT2D eigenvalue weighted by Gasteiger charge is -2.13. The highest BCUT2D eigenvalue weighted by atomic mass is 32.2. The smallest absolute Gasteiger partial charge is 0.347 e. The molecule has 0 aliphatic heterocycles. The predicted octanol–water partition coefficient (Wildman–Crippen LogP) is 7.64. The molecule has 0 spiro atoms. The summed E-state index contributed by atoms with van der Waals surface area (Å²) in [6, 6.07) is 39.0. The number of ether oxygens (including phenoxy) is 2. The molecule has 5 aromatic rings. The molecule has 0 aromatic heterocycles. The molecule has 0 N–H and O–H groups in total. The predicted molar refractivity (Wildman–Crippen MR) is 151 cm³/mol. The van der Waals surface area contributed by atoms with Gasteiger partial charge in [-0.25, -0.2) is 9.59 Å². The van der Waals surface area contributed by atoms with Crippen molar-refractivity contribution in [3.8, 4) is 11.5 Å². The summed E-state index contributed by atoms with van der Waals surface area (Å²) in [5.74, 6) is -0.659. The Morgan fingerprint density at radius 3 is 1.79 bits per heavy atom. The summed E-state index contributed by atoms with van der Waals surface area (Å²) >= 11 is 0. The molecule has 0 amide bonds. The highest BCUT2D eigenvalue weighted by molar-refractivity contribution is 7.97. The Kier molecular flexibility index (Phi) is 7.38. The van der Waals surface area contributed by atoms with Crippen LogP contribution in [0.4, 0.5) is 0 Å². The lowest BCUT2D eigenvalue weighted by molar-refractivity contribution is -0.130. The monoisotopic (exact) mass is 517 g/mol. The van der Waals surface area contributed by atoms with Gasteiger partial charge in [0.1, 0.15) is 11.3 Å². The summed E-state index contributed by atoms with van der Waals surface area (Å²) in [5, 5.41) is 1.48. The van der Waals surface area contributed by atoms with Crippen molar-refractivity contribution in [1.82, 2.24) is 0 Å². The minimum Gasteiger partial charge on any atom is -0.423 e. The van der Waals surface area contributed by atoms with Gasteiger partial charge in [0, 0.05) is 11.0 Å². The van der Waals surface area contributed by atoms with Gasteiger partial charge in [0.05, 0.1) is 10.9 Å². The number of hydrogen-bond acceptors (Lipinski definition) is 4. The van der Waals surface area contributed by atoms with E-state index in [1.165, 1.54) is 9.79 Å². The fraction of sp³-hybridized carbons (Fsp3) is 0.0303. The molecule has 0 aliphatic carbocycles. The van der Waals surface area contributed by atoms with Crippen molar-refractivity contribution in [2.75, 3.05) is 0 Å². The Hall–Kier alpha value is -4.61. The molecule has 5 rings (SSSR count). The van der Waals surface area contributed by atoms with Crippen LogP contribution in [0.15, 0.2) is 148 Å². The minimum absolute atomic E-state index is 0.160. The van der Waals surface area contributed by atoms with Gasteiger partial charge >= 0.3 is 11.9 Å². The first-order valence-electron chi connectivity index (χ1n) is 12.1. The minimum atomic E-state index is -0.613. The largest absolute Gasteiger partial charge is 0.423 e. The van der Waals surface area contributed by atoms with Crippen LogP contribution in [0.2, 0.25) is 0 Å². The van der Waals surface area contributed by atoms with E-state index >= 15 is 0 Å². The zero-order chi connectivity index (χ0) is 26.5. The Morgan fingerprint density at radius 1 is 0.632 bits per heavy atom. The van der Waals surface area contributed by atoms with Crippen molar-refractivity contribution >= 4 is 33.6 Å². The molecule has 186 valence electrons. The van der Waals surface area contributed by atoms with Gasteiger partial charge in [-0.1, -0.05) is 73.3 Å². The average Bonchev–Trinajstić information content (AvgIpc) is 2.95. The molecule has 0 radical (unpaired) electrons. The summed E-state index contributed by atoms with van der Waals surface area (Å²) in [6.45, 7) is 5.21. The second-order valence-electron chi connectivity index (χ2n) is 8.63. The maximum atomic E-state index is 13.3. The van der Waals surface area contributed by atoms with E-state index in [-0.39, 0.29) is 27.8 Å². The van der Waals surface area contributed by atoms with Crippen LogP contribution >= 0.6 is 0 Å². The molecular weight excluding hydrogens is 492 g/mol. The third-order valence-electron chi connectivity index (χ3n) is 5.87. The number of benzene rings is 5. The van der Waals surface area contributed by atoms with Crippen LogP contribution in [0.1, 0.15) is 17.3 Å². The summed E-state index contributed by atoms with van der Waals surface area (Å²) in [5.41, 5.74) is 0.399. The lowest BCUT2D eigenvalue weighted by Crippen LogP contribution is -2.15. The first-order valence-corrected chi connectivity index (χ1v) is 13.3. The topological polar surface area (TPSA) is 52.6 Å². The molecule has 5 aromatic carbocycles. The third kappa shape index (κ3) is 5.38. The van der Waals surface area contributed by atoms with E-state index in [1.807, 2.05) is 66.7 Å². The molecule has 0 bridgehead atoms. The van der Waals surface area contributed by atoms with Gasteiger partial charge < -0.3 is 9.47 Å². The van der Waals surface area contributed by atoms with Crippen LogP contribution in [0.5, 0.6) is 11.5 Å². The summed E-state index contributed by atoms with van der Waals surface area (Å²) in [6.07, 6.45) is 0. The second kappa shape index (κ2) is 11.2. The van der Waals surface area contributed by atoms with Crippen molar-refractivity contribution in [2.24, 2.45) is 0 Å². The highest BCUT2D eigenvalue weighted by Crippen LogP contribution is 2.34. The number of carbonyl (C=O) groups is 2. The van der Waals surface area contributed by atoms with Crippen LogP contribution in [0.3, 0.4) is 0 Å². The number of fused-ring (bicyclic) bond motifs is 1. The molecule has 0 saturated heterocycles. The summed E-state index contributed by atoms with van der Waals surface area (Å²) in [4.78, 5) is 29.1. The molecule has 4 nitrogen and oxygen atoms in total. The van der Waals surface area contributed by atoms with Crippen molar-refractivity contribution < 1.29 is 19.1 Å². The van der Waals surface area contributed by atoms with E-state index in [0.29, 0.717) is 11.1 Å². The zero-order valence-electron chi connectivity index (χ0n) is 20.8. The van der Waals surface area contributed by atoms with Gasteiger partial charge in [-0.15, -0.1) is 0 Å². The van der Waals surface area contributed by atoms with Crippen molar-refractivity contribution in [3.05, 3.63) is 139 Å². The normalized spacial score (nSPS) is 10.8. The van der Waals surface area contributed by atoms with Gasteiger partial charge in [0.15, 0.2) is 20.4 Å². The number of hydrogen-bond donors (Lipinski definition) is 0. The number of rotatable bonds is 7. The zero-order valence-corrected chi connectivity index (χ0v) is 21.6. The van der Waals surface area contributed by atoms with Crippen LogP contribution in [0, 0.1) is 0 Å². The fourth-order valence-electron chi connectivity index (χ4n) is 4.02. The molecule has 0 fully saturated rings. The van der Waals surface area contributed by atoms with Crippen LogP contribution in [0.25, 0.3) is 10.8 Å². The standard InChI is InChI=1S/C33H25O4S/c1-23(2)32(34)37-31-29-16-10-9-11-24(29)17-22-30(31)33(35)36-25-18-20-28(21-19-25)38(26-12-5-3-6-13-26)27-14-7-4-8-15-27/h3-22H,1H2,2H3/q+1. The molecular formula is C33H25O4S+. The Bertz CT molecular complexity index is 1570. The molecule has 0 atom stereocenters. The van der Waals surface area contributed by atoms with Crippen molar-refractivity contribution in [3.63, 3.8) is 0 Å². The highest BCUT2D eigenvalue weighted by Gasteiger charge is 2.28. The van der Waals surface area contributed by atoms with Gasteiger partial charge in [0.2, 0.25) is 0 Å². The Balaban J connectivity index is 1.45. The van der Waals surface area contributed by atoms with Crippen LogP contribution < -0.4 is 9.47 Å². The van der Waals surface area contributed by atoms with Gasteiger partial charge in [0.25, 0.3) is 0 Å². The van der Waals surface area contributed by atoms with Gasteiger partial charge in [-0.05, 0) is 66.9 Å². The summed E-state index contributed by atoms with van der Waals surface area (Å²) < 4.78 is 11.3. The Labute approximate surface area is 224 Å². The fourth-order valence-corrected chi connectivity index (χ4v) is 6.10. The SMILES string of the molecule is C=C(C)C(=O)Oc1c(C(=O)Oc2ccc([S+](c3ccccc3)c3ccccc3)cc2)ccc2ccccc12. The first kappa shape index (κ1) is 25.1. The molecule has 0 heterocycles. The van der Waals surface area contributed by atoms with Gasteiger partial charge in [-0.3, -0.25) is 0 Å². The maximum Gasteiger partial charge on any atom is 0.347 e. The van der Waals surface area contributed by atoms with E-state index in [2.05, 4.69) is 30.8 Å². The van der Waals surface area contributed by atoms with E-state index < -0.39 is 11.9 Å².